The molecule has 0 radical (unpaired) electrons. The molecule has 0 saturated heterocycles. The Bertz CT molecular complexity index is 9940. The smallest absolute Gasteiger partial charge is 0.293 e. The van der Waals surface area contributed by atoms with E-state index >= 15 is 0 Å². The summed E-state index contributed by atoms with van der Waals surface area (Å²) in [7, 11) is 12.3. The number of imidazole rings is 1. The molecule has 0 aliphatic heterocycles. The van der Waals surface area contributed by atoms with Crippen molar-refractivity contribution >= 4 is 185 Å². The molecule has 0 aliphatic rings. The van der Waals surface area contributed by atoms with Gasteiger partial charge in [0.15, 0.2) is 22.3 Å². The first-order valence-electron chi connectivity index (χ1n) is 49.2. The van der Waals surface area contributed by atoms with E-state index in [0.29, 0.717) is 16.7 Å². The van der Waals surface area contributed by atoms with Crippen LogP contribution in [-0.2, 0) is 42.3 Å². The standard InChI is InChI=1S/C31H28NO.C26H21N2O.2C23H19N2O.C22H17N2O/c1-18(2)22-11-8-12-27-24(22)15-16-28(32(27)5)29-20(4)19(3)17-26-25-14-13-21-9-6-7-10-23(21)30(25)33-31(26)29;1-16-12-14-20-19-15-13-17-8-4-5-9-18(17)24(19)29-25(20)23(16)26-27(2)21-10-6-7-11-22(21)28(26)3;1-14-8-10-19-18-11-9-16-6-4-5-7-17(16)22(18)26-23(19)21(14)20-12-15(2)24-13-25(20)3;1-14-12-19-18-9-8-16-6-4-5-7-17(16)22(18)26-23(19)21(15(14)2)20-10-11-24-13-25(20)3;1-14-7-9-18-17-10-8-15-5-3-4-6-16(15)21(17)25-22(18)20(14)19-11-12-23-13-24(19)2/h6-18H,1-5H3;4-15H,1-3H3;2*4-13H,1-3H3;3-13H,1-2H3/q5*+1/i3D3,18D;;;;. The van der Waals surface area contributed by atoms with Crippen LogP contribution in [0.5, 0.6) is 0 Å². The van der Waals surface area contributed by atoms with Crippen LogP contribution in [0.4, 0.5) is 0 Å². The van der Waals surface area contributed by atoms with Crippen molar-refractivity contribution in [3.05, 3.63) is 385 Å². The van der Waals surface area contributed by atoms with Crippen LogP contribution in [-0.4, -0.2) is 19.5 Å². The third-order valence-corrected chi connectivity index (χ3v) is 28.6. The second kappa shape index (κ2) is 34.2. The number of hydrogen-bond donors (Lipinski definition) is 0. The van der Waals surface area contributed by atoms with Crippen molar-refractivity contribution in [2.45, 2.75) is 75.1 Å². The van der Waals surface area contributed by atoms with E-state index in [1.165, 1.54) is 76.6 Å². The third-order valence-electron chi connectivity index (χ3n) is 28.6. The molecule has 27 rings (SSSR count). The van der Waals surface area contributed by atoms with Gasteiger partial charge in [-0.15, -0.1) is 0 Å². The number of rotatable bonds is 6. The first-order chi connectivity index (χ1) is 69.1. The summed E-state index contributed by atoms with van der Waals surface area (Å²) in [5, 5.41) is 23.5. The SMILES string of the molecule is Cc1cc(-c2c(C)ccc3c2oc2c4ccccc4ccc32)[n+](C)cn1.Cc1cc2c(oc3c4ccccc4ccc23)c(-c2ccnc[n+]2C)c1C.Cc1ccc2c(oc3c4ccccc4ccc23)c1-c1ccnc[n+]1C.Cc1ccc2c(oc3c4ccccc4ccc23)c1-c1n(C)c2ccccc2[n+]1C.[2H]C([2H])([2H])c1cc2c(oc3c4ccccc4ccc23)c(-c2ccc3c(C([2H])(C)C)cccc3[n+]2C)c1C. The molecular formula is C125H104N9O5+5. The fourth-order valence-corrected chi connectivity index (χ4v) is 21.3. The van der Waals surface area contributed by atoms with E-state index < -0.39 is 12.7 Å². The van der Waals surface area contributed by atoms with Gasteiger partial charge in [-0.25, -0.2) is 22.8 Å². The number of benzene rings is 17. The van der Waals surface area contributed by atoms with Gasteiger partial charge in [0.2, 0.25) is 11.2 Å². The predicted octanol–water partition coefficient (Wildman–Crippen LogP) is 29.6. The zero-order valence-corrected chi connectivity index (χ0v) is 80.3. The fraction of sp³-hybridized carbons (Fsp3) is 0.136. The number of aromatic nitrogens is 9. The highest BCUT2D eigenvalue weighted by molar-refractivity contribution is 6.23. The van der Waals surface area contributed by atoms with Crippen LogP contribution < -0.4 is 22.8 Å². The van der Waals surface area contributed by atoms with Crippen molar-refractivity contribution in [3.8, 4) is 56.4 Å². The first-order valence-corrected chi connectivity index (χ1v) is 47.2. The molecular weight excluding hydrogens is 1710 g/mol. The predicted molar refractivity (Wildman–Crippen MR) is 569 cm³/mol. The van der Waals surface area contributed by atoms with E-state index in [0.717, 1.165) is 199 Å². The quantitative estimate of drug-likeness (QED) is 0.151. The lowest BCUT2D eigenvalue weighted by molar-refractivity contribution is -0.663. The maximum Gasteiger partial charge on any atom is 0.293 e. The molecule has 17 aromatic carbocycles. The first kappa shape index (κ1) is 81.7. The van der Waals surface area contributed by atoms with Gasteiger partial charge in [-0.2, -0.15) is 4.57 Å². The lowest BCUT2D eigenvalue weighted by Gasteiger charge is -2.12. The molecule has 0 atom stereocenters. The van der Waals surface area contributed by atoms with Crippen molar-refractivity contribution in [1.29, 1.82) is 0 Å². The summed E-state index contributed by atoms with van der Waals surface area (Å²) in [6.45, 7) is 16.2. The number of fused-ring (bicyclic) bond motifs is 27. The summed E-state index contributed by atoms with van der Waals surface area (Å²) in [6, 6.07) is 105. The van der Waals surface area contributed by atoms with Crippen LogP contribution in [0, 0.1) is 55.3 Å². The Morgan fingerprint density at radius 1 is 0.288 bits per heavy atom. The van der Waals surface area contributed by atoms with Gasteiger partial charge in [0.05, 0.1) is 57.5 Å². The van der Waals surface area contributed by atoms with Crippen LogP contribution in [0.25, 0.3) is 242 Å². The van der Waals surface area contributed by atoms with Crippen molar-refractivity contribution in [3.63, 3.8) is 0 Å². The second-order valence-electron chi connectivity index (χ2n) is 37.2. The van der Waals surface area contributed by atoms with Crippen molar-refractivity contribution in [2.24, 2.45) is 42.3 Å². The average Bonchev–Trinajstić information content (AvgIpc) is 1.60. The minimum atomic E-state index is -2.27. The molecule has 139 heavy (non-hydrogen) atoms. The van der Waals surface area contributed by atoms with Gasteiger partial charge < -0.3 is 22.1 Å². The highest BCUT2D eigenvalue weighted by Gasteiger charge is 2.32. The number of aryl methyl sites for hydroxylation is 12. The molecule has 0 fully saturated rings. The minimum Gasteiger partial charge on any atom is -0.455 e. The van der Waals surface area contributed by atoms with Crippen LogP contribution in [0.3, 0.4) is 0 Å². The third kappa shape index (κ3) is 14.3. The molecule has 0 spiro atoms. The molecule has 0 N–H and O–H groups in total. The largest absolute Gasteiger partial charge is 0.455 e. The Hall–Kier alpha value is -16.8. The maximum absolute atomic E-state index is 8.62. The molecule has 14 heteroatoms. The van der Waals surface area contributed by atoms with Crippen molar-refractivity contribution in [2.75, 3.05) is 0 Å². The Morgan fingerprint density at radius 2 is 0.640 bits per heavy atom. The van der Waals surface area contributed by atoms with Crippen LogP contribution >= 0.6 is 0 Å². The number of furan rings is 5. The van der Waals surface area contributed by atoms with Gasteiger partial charge >= 0.3 is 0 Å². The highest BCUT2D eigenvalue weighted by atomic mass is 16.3. The molecule has 0 bridgehead atoms. The molecule has 0 saturated carbocycles. The monoisotopic (exact) mass is 1810 g/mol. The Labute approximate surface area is 809 Å². The van der Waals surface area contributed by atoms with Gasteiger partial charge in [-0.3, -0.25) is 0 Å². The van der Waals surface area contributed by atoms with E-state index in [9.17, 15) is 0 Å². The topological polar surface area (TPSA) is 129 Å². The lowest BCUT2D eigenvalue weighted by Crippen LogP contribution is -2.32. The minimum absolute atomic E-state index is 0.326. The second-order valence-corrected chi connectivity index (χ2v) is 37.2. The number of nitrogens with zero attached hydrogens (tertiary/aromatic N) is 9. The Balaban J connectivity index is 0.0000000999. The Morgan fingerprint density at radius 3 is 1.09 bits per heavy atom. The molecule has 10 aromatic heterocycles. The van der Waals surface area contributed by atoms with Gasteiger partial charge in [0.1, 0.15) is 92.3 Å². The molecule has 0 amide bonds. The molecule has 0 aliphatic carbocycles. The van der Waals surface area contributed by atoms with E-state index in [1.807, 2.05) is 163 Å². The molecule has 10 heterocycles. The lowest BCUT2D eigenvalue weighted by atomic mass is 9.94. The summed E-state index contributed by atoms with van der Waals surface area (Å²) in [5.41, 5.74) is 31.0. The van der Waals surface area contributed by atoms with Gasteiger partial charge in [0.25, 0.3) is 24.8 Å². The van der Waals surface area contributed by atoms with Crippen molar-refractivity contribution in [1.82, 2.24) is 19.5 Å². The number of para-hydroxylation sites is 2. The summed E-state index contributed by atoms with van der Waals surface area (Å²) in [5.74, 6) is 0.399. The van der Waals surface area contributed by atoms with Gasteiger partial charge in [-0.05, 0) is 186 Å². The highest BCUT2D eigenvalue weighted by Crippen LogP contribution is 2.48. The van der Waals surface area contributed by atoms with Gasteiger partial charge in [0, 0.05) is 129 Å². The fourth-order valence-electron chi connectivity index (χ4n) is 21.3. The van der Waals surface area contributed by atoms with Crippen molar-refractivity contribution < 1.29 is 50.4 Å². The van der Waals surface area contributed by atoms with E-state index in [2.05, 4.69) is 312 Å². The van der Waals surface area contributed by atoms with E-state index in [1.54, 1.807) is 6.07 Å². The molecule has 674 valence electrons. The number of pyridine rings is 1. The molecule has 14 nitrogen and oxygen atoms in total. The normalized spacial score (nSPS) is 12.4. The van der Waals surface area contributed by atoms with E-state index in [-0.39, 0.29) is 0 Å². The summed E-state index contributed by atoms with van der Waals surface area (Å²) < 4.78 is 79.0. The Kier molecular flexibility index (Phi) is 20.1. The van der Waals surface area contributed by atoms with E-state index in [4.69, 9.17) is 27.6 Å². The summed E-state index contributed by atoms with van der Waals surface area (Å²) >= 11 is 0. The van der Waals surface area contributed by atoms with Crippen LogP contribution in [0.2, 0.25) is 0 Å². The molecule has 0 unspecified atom stereocenters. The van der Waals surface area contributed by atoms with Gasteiger partial charge in [-0.1, -0.05) is 241 Å². The summed E-state index contributed by atoms with van der Waals surface area (Å²) in [6.07, 6.45) is 9.18. The maximum atomic E-state index is 8.62. The van der Waals surface area contributed by atoms with Crippen LogP contribution in [0.1, 0.15) is 75.4 Å². The number of hydrogen-bond acceptors (Lipinski definition) is 8. The van der Waals surface area contributed by atoms with Crippen LogP contribution in [0.15, 0.2) is 357 Å². The molecule has 27 aromatic rings. The summed E-state index contributed by atoms with van der Waals surface area (Å²) in [4.78, 5) is 12.8. The average molecular weight is 1820 g/mol. The zero-order valence-electron chi connectivity index (χ0n) is 84.3. The zero-order chi connectivity index (χ0) is 98.6.